The Morgan fingerprint density at radius 1 is 0.895 bits per heavy atom. The number of benzene rings is 2. The third kappa shape index (κ3) is 2.35. The fourth-order valence-electron chi connectivity index (χ4n) is 2.91. The van der Waals surface area contributed by atoms with Crippen molar-refractivity contribution in [2.75, 3.05) is 0 Å². The van der Waals surface area contributed by atoms with Gasteiger partial charge in [0.15, 0.2) is 0 Å². The lowest BCUT2D eigenvalue weighted by molar-refractivity contribution is 0.794. The Bertz CT molecular complexity index is 605. The van der Waals surface area contributed by atoms with E-state index in [1.54, 1.807) is 0 Å². The van der Waals surface area contributed by atoms with Crippen LogP contribution < -0.4 is 0 Å². The van der Waals surface area contributed by atoms with Crippen LogP contribution in [0.2, 0.25) is 0 Å². The van der Waals surface area contributed by atoms with Crippen molar-refractivity contribution in [1.29, 1.82) is 0 Å². The van der Waals surface area contributed by atoms with Crippen LogP contribution in [0.5, 0.6) is 0 Å². The summed E-state index contributed by atoms with van der Waals surface area (Å²) in [6.07, 6.45) is 7.17. The molecule has 0 spiro atoms. The molecule has 0 nitrogen and oxygen atoms in total. The van der Waals surface area contributed by atoms with Crippen LogP contribution in [0.25, 0.3) is 5.57 Å². The van der Waals surface area contributed by atoms with Gasteiger partial charge in [0.2, 0.25) is 0 Å². The first-order valence-corrected chi connectivity index (χ1v) is 7.27. The first kappa shape index (κ1) is 12.2. The maximum atomic E-state index is 2.38. The van der Waals surface area contributed by atoms with Crippen LogP contribution in [0, 0.1) is 0 Å². The van der Waals surface area contributed by atoms with Gasteiger partial charge in [-0.1, -0.05) is 68.0 Å². The molecule has 19 heavy (non-hydrogen) atoms. The summed E-state index contributed by atoms with van der Waals surface area (Å²) < 4.78 is 0. The first-order chi connectivity index (χ1) is 9.40. The topological polar surface area (TPSA) is 0 Å². The van der Waals surface area contributed by atoms with Gasteiger partial charge in [0.25, 0.3) is 0 Å². The number of unbranched alkanes of at least 4 members (excludes halogenated alkanes) is 1. The Labute approximate surface area is 115 Å². The van der Waals surface area contributed by atoms with Crippen LogP contribution in [-0.4, -0.2) is 0 Å². The molecule has 1 aliphatic carbocycles. The molecule has 2 aromatic carbocycles. The maximum absolute atomic E-state index is 2.38. The van der Waals surface area contributed by atoms with E-state index in [-0.39, 0.29) is 0 Å². The van der Waals surface area contributed by atoms with Crippen LogP contribution >= 0.6 is 0 Å². The molecule has 3 rings (SSSR count). The van der Waals surface area contributed by atoms with Crippen molar-refractivity contribution < 1.29 is 0 Å². The molecule has 0 atom stereocenters. The van der Waals surface area contributed by atoms with Crippen LogP contribution in [0.4, 0.5) is 0 Å². The molecule has 96 valence electrons. The first-order valence-electron chi connectivity index (χ1n) is 7.27. The highest BCUT2D eigenvalue weighted by atomic mass is 14.2. The quantitative estimate of drug-likeness (QED) is 0.713. The van der Waals surface area contributed by atoms with Crippen LogP contribution in [0.1, 0.15) is 42.0 Å². The molecule has 0 saturated heterocycles. The summed E-state index contributed by atoms with van der Waals surface area (Å²) in [4.78, 5) is 0. The average Bonchev–Trinajstić information content (AvgIpc) is 2.89. The Balaban J connectivity index is 2.00. The summed E-state index contributed by atoms with van der Waals surface area (Å²) in [7, 11) is 0. The van der Waals surface area contributed by atoms with E-state index in [9.17, 15) is 0 Å². The molecule has 0 fully saturated rings. The molecular weight excluding hydrogens is 228 g/mol. The molecule has 0 unspecified atom stereocenters. The molecule has 0 saturated carbocycles. The monoisotopic (exact) mass is 248 g/mol. The fraction of sp³-hybridized carbons (Fsp3) is 0.263. The zero-order valence-electron chi connectivity index (χ0n) is 11.5. The van der Waals surface area contributed by atoms with Gasteiger partial charge < -0.3 is 0 Å². The summed E-state index contributed by atoms with van der Waals surface area (Å²) in [5.74, 6) is 0. The van der Waals surface area contributed by atoms with E-state index >= 15 is 0 Å². The van der Waals surface area contributed by atoms with E-state index in [0.29, 0.717) is 0 Å². The summed E-state index contributed by atoms with van der Waals surface area (Å²) in [6, 6.07) is 17.7. The smallest absolute Gasteiger partial charge is 0.00819 e. The third-order valence-corrected chi connectivity index (χ3v) is 3.94. The molecule has 0 aliphatic heterocycles. The number of fused-ring (bicyclic) bond motifs is 1. The second kappa shape index (κ2) is 5.44. The highest BCUT2D eigenvalue weighted by Gasteiger charge is 2.16. The van der Waals surface area contributed by atoms with Crippen molar-refractivity contribution in [2.45, 2.75) is 32.6 Å². The lowest BCUT2D eigenvalue weighted by atomic mass is 9.93. The van der Waals surface area contributed by atoms with E-state index in [0.717, 1.165) is 6.42 Å². The molecule has 0 radical (unpaired) electrons. The zero-order chi connectivity index (χ0) is 13.1. The van der Waals surface area contributed by atoms with Gasteiger partial charge in [-0.15, -0.1) is 0 Å². The van der Waals surface area contributed by atoms with Gasteiger partial charge in [0.05, 0.1) is 0 Å². The van der Waals surface area contributed by atoms with Crippen molar-refractivity contribution in [3.63, 3.8) is 0 Å². The lowest BCUT2D eigenvalue weighted by Gasteiger charge is -2.12. The van der Waals surface area contributed by atoms with Gasteiger partial charge in [-0.2, -0.15) is 0 Å². The standard InChI is InChI=1S/C19H20/c1-2-3-8-15-9-4-6-11-17(15)19-14-13-16-10-5-7-12-18(16)19/h4-7,9-12,14H,2-3,8,13H2,1H3. The van der Waals surface area contributed by atoms with Crippen LogP contribution in [-0.2, 0) is 12.8 Å². The van der Waals surface area contributed by atoms with E-state index in [1.165, 1.54) is 47.1 Å². The second-order valence-electron chi connectivity index (χ2n) is 5.24. The minimum absolute atomic E-state index is 1.08. The van der Waals surface area contributed by atoms with E-state index in [4.69, 9.17) is 0 Å². The van der Waals surface area contributed by atoms with Gasteiger partial charge in [-0.05, 0) is 47.1 Å². The molecule has 2 aromatic rings. The van der Waals surface area contributed by atoms with Gasteiger partial charge >= 0.3 is 0 Å². The van der Waals surface area contributed by atoms with Gasteiger partial charge in [0, 0.05) is 0 Å². The van der Waals surface area contributed by atoms with Crippen molar-refractivity contribution in [3.05, 3.63) is 76.9 Å². The van der Waals surface area contributed by atoms with E-state index < -0.39 is 0 Å². The highest BCUT2D eigenvalue weighted by Crippen LogP contribution is 2.34. The molecule has 0 heteroatoms. The van der Waals surface area contributed by atoms with Gasteiger partial charge in [0.1, 0.15) is 0 Å². The van der Waals surface area contributed by atoms with Crippen LogP contribution in [0.15, 0.2) is 54.6 Å². The molecule has 1 aliphatic rings. The second-order valence-corrected chi connectivity index (χ2v) is 5.24. The number of hydrogen-bond acceptors (Lipinski definition) is 0. The fourth-order valence-corrected chi connectivity index (χ4v) is 2.91. The summed E-state index contributed by atoms with van der Waals surface area (Å²) in [5.41, 5.74) is 7.24. The third-order valence-electron chi connectivity index (χ3n) is 3.94. The van der Waals surface area contributed by atoms with Crippen LogP contribution in [0.3, 0.4) is 0 Å². The molecular formula is C19H20. The van der Waals surface area contributed by atoms with Crippen molar-refractivity contribution in [1.82, 2.24) is 0 Å². The minimum atomic E-state index is 1.08. The Morgan fingerprint density at radius 2 is 1.63 bits per heavy atom. The van der Waals surface area contributed by atoms with Gasteiger partial charge in [-0.25, -0.2) is 0 Å². The predicted molar refractivity (Wildman–Crippen MR) is 82.3 cm³/mol. The molecule has 0 aromatic heterocycles. The Kier molecular flexibility index (Phi) is 3.50. The number of aryl methyl sites for hydroxylation is 1. The number of hydrogen-bond donors (Lipinski definition) is 0. The number of rotatable bonds is 4. The number of allylic oxidation sites excluding steroid dienone is 1. The van der Waals surface area contributed by atoms with Gasteiger partial charge in [-0.3, -0.25) is 0 Å². The zero-order valence-corrected chi connectivity index (χ0v) is 11.5. The molecule has 0 bridgehead atoms. The lowest BCUT2D eigenvalue weighted by Crippen LogP contribution is -1.94. The molecule has 0 heterocycles. The highest BCUT2D eigenvalue weighted by molar-refractivity contribution is 5.85. The summed E-state index contributed by atoms with van der Waals surface area (Å²) in [5, 5.41) is 0. The van der Waals surface area contributed by atoms with Crippen molar-refractivity contribution in [2.24, 2.45) is 0 Å². The molecule has 0 N–H and O–H groups in total. The predicted octanol–water partition coefficient (Wildman–Crippen LogP) is 5.02. The summed E-state index contributed by atoms with van der Waals surface area (Å²) in [6.45, 7) is 2.26. The Morgan fingerprint density at radius 3 is 2.47 bits per heavy atom. The Hall–Kier alpha value is -1.82. The summed E-state index contributed by atoms with van der Waals surface area (Å²) >= 11 is 0. The average molecular weight is 248 g/mol. The maximum Gasteiger partial charge on any atom is -0.00819 e. The largest absolute Gasteiger partial charge is 0.0716 e. The normalized spacial score (nSPS) is 13.2. The SMILES string of the molecule is CCCCc1ccccc1C1=CCc2ccccc21. The molecule has 0 amide bonds. The van der Waals surface area contributed by atoms with Crippen molar-refractivity contribution in [3.8, 4) is 0 Å². The minimum Gasteiger partial charge on any atom is -0.0716 e. The van der Waals surface area contributed by atoms with E-state index in [1.807, 2.05) is 0 Å². The van der Waals surface area contributed by atoms with E-state index in [2.05, 4.69) is 61.5 Å². The van der Waals surface area contributed by atoms with Crippen molar-refractivity contribution >= 4 is 5.57 Å².